The molecule has 0 spiro atoms. The second kappa shape index (κ2) is 66.4. The minimum Gasteiger partial charge on any atom is -0.462 e. The van der Waals surface area contributed by atoms with Gasteiger partial charge in [0, 0.05) is 19.3 Å². The monoisotopic (exact) mass is 1090 g/mol. The van der Waals surface area contributed by atoms with Crippen LogP contribution in [0.15, 0.2) is 72.9 Å². The molecule has 452 valence electrons. The number of carbonyl (C=O) groups is 3. The topological polar surface area (TPSA) is 78.9 Å². The summed E-state index contributed by atoms with van der Waals surface area (Å²) >= 11 is 0. The smallest absolute Gasteiger partial charge is 0.306 e. The van der Waals surface area contributed by atoms with Crippen LogP contribution in [0.3, 0.4) is 0 Å². The Morgan fingerprint density at radius 3 is 0.885 bits per heavy atom. The van der Waals surface area contributed by atoms with Gasteiger partial charge < -0.3 is 14.2 Å². The van der Waals surface area contributed by atoms with Gasteiger partial charge in [0.05, 0.1) is 0 Å². The normalized spacial score (nSPS) is 12.5. The molecule has 1 atom stereocenters. The Labute approximate surface area is 484 Å². The number of esters is 3. The van der Waals surface area contributed by atoms with Crippen LogP contribution >= 0.6 is 0 Å². The lowest BCUT2D eigenvalue weighted by molar-refractivity contribution is -0.167. The summed E-state index contributed by atoms with van der Waals surface area (Å²) < 4.78 is 16.8. The molecule has 6 nitrogen and oxygen atoms in total. The van der Waals surface area contributed by atoms with Crippen molar-refractivity contribution in [3.05, 3.63) is 72.9 Å². The van der Waals surface area contributed by atoms with Gasteiger partial charge in [0.2, 0.25) is 0 Å². The number of rotatable bonds is 62. The lowest BCUT2D eigenvalue weighted by Gasteiger charge is -2.18. The van der Waals surface area contributed by atoms with Crippen LogP contribution in [0.1, 0.15) is 348 Å². The third-order valence-corrected chi connectivity index (χ3v) is 14.9. The minimum absolute atomic E-state index is 0.0982. The van der Waals surface area contributed by atoms with E-state index in [1.165, 1.54) is 205 Å². The molecule has 0 aromatic rings. The number of allylic oxidation sites excluding steroid dienone is 12. The second-order valence-electron chi connectivity index (χ2n) is 22.7. The molecule has 0 aliphatic carbocycles. The van der Waals surface area contributed by atoms with Crippen LogP contribution in [0.2, 0.25) is 0 Å². The number of hydrogen-bond donors (Lipinski definition) is 0. The molecule has 0 bridgehead atoms. The number of carbonyl (C=O) groups excluding carboxylic acids is 3. The van der Waals surface area contributed by atoms with Gasteiger partial charge >= 0.3 is 17.9 Å². The van der Waals surface area contributed by atoms with Gasteiger partial charge in [-0.25, -0.2) is 0 Å². The van der Waals surface area contributed by atoms with Gasteiger partial charge in [-0.05, 0) is 77.0 Å². The largest absolute Gasteiger partial charge is 0.462 e. The van der Waals surface area contributed by atoms with Crippen LogP contribution in [-0.2, 0) is 28.6 Å². The van der Waals surface area contributed by atoms with Crippen molar-refractivity contribution in [1.29, 1.82) is 0 Å². The average molecular weight is 1090 g/mol. The summed E-state index contributed by atoms with van der Waals surface area (Å²) in [7, 11) is 0. The Bertz CT molecular complexity index is 1440. The third kappa shape index (κ3) is 63.7. The highest BCUT2D eigenvalue weighted by molar-refractivity contribution is 5.71. The Balaban J connectivity index is 4.09. The van der Waals surface area contributed by atoms with E-state index in [0.717, 1.165) is 96.3 Å². The summed E-state index contributed by atoms with van der Waals surface area (Å²) in [5, 5.41) is 0. The first kappa shape index (κ1) is 74.8. The van der Waals surface area contributed by atoms with Crippen molar-refractivity contribution in [2.75, 3.05) is 13.2 Å². The van der Waals surface area contributed by atoms with Gasteiger partial charge in [-0.2, -0.15) is 0 Å². The zero-order valence-electron chi connectivity index (χ0n) is 51.9. The van der Waals surface area contributed by atoms with E-state index in [9.17, 15) is 14.4 Å². The summed E-state index contributed by atoms with van der Waals surface area (Å²) in [6.07, 6.45) is 86.9. The maximum Gasteiger partial charge on any atom is 0.306 e. The summed E-state index contributed by atoms with van der Waals surface area (Å²) in [6, 6.07) is 0. The van der Waals surface area contributed by atoms with Crippen molar-refractivity contribution in [2.45, 2.75) is 354 Å². The van der Waals surface area contributed by atoms with E-state index >= 15 is 0 Å². The molecular formula is C72H128O6. The molecule has 0 aromatic carbocycles. The fourth-order valence-electron chi connectivity index (χ4n) is 9.90. The van der Waals surface area contributed by atoms with Crippen molar-refractivity contribution < 1.29 is 28.6 Å². The fourth-order valence-corrected chi connectivity index (χ4v) is 9.90. The van der Waals surface area contributed by atoms with Crippen LogP contribution in [0.4, 0.5) is 0 Å². The van der Waals surface area contributed by atoms with Gasteiger partial charge in [0.15, 0.2) is 6.10 Å². The Morgan fingerprint density at radius 1 is 0.269 bits per heavy atom. The highest BCUT2D eigenvalue weighted by atomic mass is 16.6. The minimum atomic E-state index is -0.807. The summed E-state index contributed by atoms with van der Waals surface area (Å²) in [5.41, 5.74) is 0. The zero-order chi connectivity index (χ0) is 56.4. The Morgan fingerprint density at radius 2 is 0.538 bits per heavy atom. The predicted octanol–water partition coefficient (Wildman–Crippen LogP) is 23.3. The van der Waals surface area contributed by atoms with E-state index in [4.69, 9.17) is 14.2 Å². The number of hydrogen-bond acceptors (Lipinski definition) is 6. The molecule has 0 aromatic heterocycles. The lowest BCUT2D eigenvalue weighted by atomic mass is 10.0. The molecule has 78 heavy (non-hydrogen) atoms. The van der Waals surface area contributed by atoms with Crippen LogP contribution in [0.25, 0.3) is 0 Å². The molecule has 0 saturated heterocycles. The van der Waals surface area contributed by atoms with Gasteiger partial charge in [0.25, 0.3) is 0 Å². The van der Waals surface area contributed by atoms with E-state index in [1.54, 1.807) is 0 Å². The standard InChI is InChI=1S/C72H128O6/c1-4-7-10-13-16-19-22-24-26-28-29-30-31-32-33-34-35-36-37-38-39-40-41-42-43-45-46-48-50-53-56-59-62-65-71(74)77-68-69(67-76-70(73)64-61-58-55-52-21-18-15-12-9-6-3)78-72(75)66-63-60-57-54-51-49-47-44-27-25-23-20-17-14-11-8-5-2/h8,11-12,15,17,20,25,27,47,49,54,57,69H,4-7,9-10,13-14,16,18-19,21-24,26,28-46,48,50-53,55-56,58-68H2,1-3H3/b11-8-,15-12-,20-17-,27-25-,49-47-,57-54-. The van der Waals surface area contributed by atoms with Crippen LogP contribution < -0.4 is 0 Å². The van der Waals surface area contributed by atoms with Crippen LogP contribution in [0.5, 0.6) is 0 Å². The Kier molecular flexibility index (Phi) is 63.7. The molecular weight excluding hydrogens is 961 g/mol. The van der Waals surface area contributed by atoms with Gasteiger partial charge in [-0.3, -0.25) is 14.4 Å². The van der Waals surface area contributed by atoms with E-state index in [1.807, 2.05) is 0 Å². The maximum atomic E-state index is 12.8. The predicted molar refractivity (Wildman–Crippen MR) is 339 cm³/mol. The lowest BCUT2D eigenvalue weighted by Crippen LogP contribution is -2.30. The molecule has 1 unspecified atom stereocenters. The first-order chi connectivity index (χ1) is 38.5. The van der Waals surface area contributed by atoms with E-state index in [2.05, 4.69) is 93.7 Å². The van der Waals surface area contributed by atoms with Gasteiger partial charge in [-0.15, -0.1) is 0 Å². The third-order valence-electron chi connectivity index (χ3n) is 14.9. The molecule has 0 aliphatic rings. The molecule has 0 rings (SSSR count). The second-order valence-corrected chi connectivity index (χ2v) is 22.7. The van der Waals surface area contributed by atoms with E-state index in [0.29, 0.717) is 19.3 Å². The fraction of sp³-hybridized carbons (Fsp3) is 0.792. The quantitative estimate of drug-likeness (QED) is 0.0261. The number of ether oxygens (including phenoxy) is 3. The van der Waals surface area contributed by atoms with E-state index < -0.39 is 6.10 Å². The van der Waals surface area contributed by atoms with Crippen molar-refractivity contribution in [3.63, 3.8) is 0 Å². The first-order valence-corrected chi connectivity index (χ1v) is 33.9. The molecule has 0 heterocycles. The van der Waals surface area contributed by atoms with Crippen LogP contribution in [-0.4, -0.2) is 37.2 Å². The molecule has 0 N–H and O–H groups in total. The zero-order valence-corrected chi connectivity index (χ0v) is 51.9. The van der Waals surface area contributed by atoms with Crippen molar-refractivity contribution in [2.24, 2.45) is 0 Å². The summed E-state index contributed by atoms with van der Waals surface area (Å²) in [5.74, 6) is -0.956. The average Bonchev–Trinajstić information content (AvgIpc) is 3.44. The molecule has 0 aliphatic heterocycles. The van der Waals surface area contributed by atoms with Gasteiger partial charge in [0.1, 0.15) is 13.2 Å². The molecule has 0 saturated carbocycles. The number of unbranched alkanes of at least 4 members (excludes halogenated alkanes) is 39. The summed E-state index contributed by atoms with van der Waals surface area (Å²) in [6.45, 7) is 6.45. The van der Waals surface area contributed by atoms with Crippen molar-refractivity contribution in [1.82, 2.24) is 0 Å². The maximum absolute atomic E-state index is 12.8. The summed E-state index contributed by atoms with van der Waals surface area (Å²) in [4.78, 5) is 38.2. The molecule has 6 heteroatoms. The van der Waals surface area contributed by atoms with Crippen molar-refractivity contribution in [3.8, 4) is 0 Å². The highest BCUT2D eigenvalue weighted by Crippen LogP contribution is 2.18. The highest BCUT2D eigenvalue weighted by Gasteiger charge is 2.19. The first-order valence-electron chi connectivity index (χ1n) is 33.9. The molecule has 0 radical (unpaired) electrons. The van der Waals surface area contributed by atoms with Crippen molar-refractivity contribution >= 4 is 17.9 Å². The van der Waals surface area contributed by atoms with Gasteiger partial charge in [-0.1, -0.05) is 325 Å². The van der Waals surface area contributed by atoms with E-state index in [-0.39, 0.29) is 37.5 Å². The molecule has 0 fully saturated rings. The Hall–Kier alpha value is -3.15. The molecule has 0 amide bonds. The SMILES string of the molecule is CC/C=C\C/C=C\C/C=C\C/C=C\C/C=C\CCCC(=O)OC(COC(=O)CCCCCCC/C=C\CCC)COC(=O)CCCCCCCCCCCCCCCCCCCCCCCCCCCCCCCCCCC. The van der Waals surface area contributed by atoms with Crippen LogP contribution in [0, 0.1) is 0 Å².